The molecule has 0 aliphatic carbocycles. The molecular weight excluding hydrogens is 378 g/mol. The Morgan fingerprint density at radius 1 is 1.38 bits per heavy atom. The van der Waals surface area contributed by atoms with Gasteiger partial charge in [0.2, 0.25) is 11.8 Å². The SMILES string of the molecule is Cc1noc(CCCC(=O)N(CC(=O)O)Cc2cccc(Br)c2)n1. The lowest BCUT2D eigenvalue weighted by atomic mass is 10.1. The van der Waals surface area contributed by atoms with Crippen LogP contribution >= 0.6 is 15.9 Å². The van der Waals surface area contributed by atoms with Gasteiger partial charge in [0.25, 0.3) is 0 Å². The van der Waals surface area contributed by atoms with E-state index in [0.29, 0.717) is 24.6 Å². The monoisotopic (exact) mass is 395 g/mol. The third-order valence-corrected chi connectivity index (χ3v) is 3.79. The summed E-state index contributed by atoms with van der Waals surface area (Å²) in [5.41, 5.74) is 0.867. The first kappa shape index (κ1) is 18.1. The number of nitrogens with zero attached hydrogens (tertiary/aromatic N) is 3. The zero-order valence-corrected chi connectivity index (χ0v) is 14.8. The van der Waals surface area contributed by atoms with Crippen LogP contribution in [0.15, 0.2) is 33.3 Å². The molecule has 7 nitrogen and oxygen atoms in total. The van der Waals surface area contributed by atoms with Crippen LogP contribution in [0.1, 0.15) is 30.1 Å². The van der Waals surface area contributed by atoms with E-state index in [1.165, 1.54) is 4.90 Å². The van der Waals surface area contributed by atoms with Crippen molar-refractivity contribution >= 4 is 27.8 Å². The van der Waals surface area contributed by atoms with E-state index in [1.54, 1.807) is 6.92 Å². The lowest BCUT2D eigenvalue weighted by molar-refractivity contribution is -0.145. The summed E-state index contributed by atoms with van der Waals surface area (Å²) in [7, 11) is 0. The second kappa shape index (κ2) is 8.58. The Morgan fingerprint density at radius 2 is 2.17 bits per heavy atom. The fraction of sp³-hybridized carbons (Fsp3) is 0.375. The van der Waals surface area contributed by atoms with Crippen molar-refractivity contribution in [3.05, 3.63) is 46.0 Å². The number of carbonyl (C=O) groups excluding carboxylic acids is 1. The van der Waals surface area contributed by atoms with Gasteiger partial charge in [-0.05, 0) is 31.0 Å². The van der Waals surface area contributed by atoms with Crippen LogP contribution in [0.4, 0.5) is 0 Å². The van der Waals surface area contributed by atoms with E-state index in [-0.39, 0.29) is 25.4 Å². The smallest absolute Gasteiger partial charge is 0.323 e. The van der Waals surface area contributed by atoms with Gasteiger partial charge in [0, 0.05) is 23.9 Å². The maximum Gasteiger partial charge on any atom is 0.323 e. The van der Waals surface area contributed by atoms with E-state index in [2.05, 4.69) is 26.1 Å². The number of benzene rings is 1. The second-order valence-electron chi connectivity index (χ2n) is 5.36. The quantitative estimate of drug-likeness (QED) is 0.737. The number of carbonyl (C=O) groups is 2. The lowest BCUT2D eigenvalue weighted by Crippen LogP contribution is -2.35. The van der Waals surface area contributed by atoms with Crippen molar-refractivity contribution in [3.8, 4) is 0 Å². The van der Waals surface area contributed by atoms with E-state index in [0.717, 1.165) is 10.0 Å². The van der Waals surface area contributed by atoms with Crippen molar-refractivity contribution in [2.45, 2.75) is 32.7 Å². The lowest BCUT2D eigenvalue weighted by Gasteiger charge is -2.21. The molecule has 0 fully saturated rings. The van der Waals surface area contributed by atoms with Crippen molar-refractivity contribution in [3.63, 3.8) is 0 Å². The number of aromatic nitrogens is 2. The van der Waals surface area contributed by atoms with Crippen molar-refractivity contribution < 1.29 is 19.2 Å². The van der Waals surface area contributed by atoms with Gasteiger partial charge in [-0.15, -0.1) is 0 Å². The first-order valence-corrected chi connectivity index (χ1v) is 8.26. The number of carboxylic acid groups (broad SMARTS) is 1. The Kier molecular flexibility index (Phi) is 6.48. The maximum atomic E-state index is 12.3. The molecule has 1 heterocycles. The molecule has 0 saturated carbocycles. The summed E-state index contributed by atoms with van der Waals surface area (Å²) < 4.78 is 5.88. The van der Waals surface area contributed by atoms with Crippen LogP contribution in [-0.4, -0.2) is 38.6 Å². The Labute approximate surface area is 147 Å². The fourth-order valence-corrected chi connectivity index (χ4v) is 2.69. The summed E-state index contributed by atoms with van der Waals surface area (Å²) in [6.07, 6.45) is 1.24. The van der Waals surface area contributed by atoms with Gasteiger partial charge in [-0.2, -0.15) is 4.98 Å². The van der Waals surface area contributed by atoms with Gasteiger partial charge < -0.3 is 14.5 Å². The normalized spacial score (nSPS) is 10.6. The molecule has 0 radical (unpaired) electrons. The minimum absolute atomic E-state index is 0.214. The zero-order chi connectivity index (χ0) is 17.5. The molecule has 1 N–H and O–H groups in total. The highest BCUT2D eigenvalue weighted by Crippen LogP contribution is 2.14. The van der Waals surface area contributed by atoms with Gasteiger partial charge in [0.15, 0.2) is 5.82 Å². The first-order chi connectivity index (χ1) is 11.4. The zero-order valence-electron chi connectivity index (χ0n) is 13.2. The highest BCUT2D eigenvalue weighted by Gasteiger charge is 2.17. The van der Waals surface area contributed by atoms with Crippen molar-refractivity contribution in [2.24, 2.45) is 0 Å². The molecule has 0 spiro atoms. The summed E-state index contributed by atoms with van der Waals surface area (Å²) in [4.78, 5) is 28.8. The fourth-order valence-electron chi connectivity index (χ4n) is 2.24. The van der Waals surface area contributed by atoms with Crippen LogP contribution in [0.3, 0.4) is 0 Å². The van der Waals surface area contributed by atoms with Crippen molar-refractivity contribution in [1.29, 1.82) is 0 Å². The van der Waals surface area contributed by atoms with Gasteiger partial charge in [0.05, 0.1) is 0 Å². The van der Waals surface area contributed by atoms with Crippen molar-refractivity contribution in [1.82, 2.24) is 15.0 Å². The highest BCUT2D eigenvalue weighted by molar-refractivity contribution is 9.10. The predicted octanol–water partition coefficient (Wildman–Crippen LogP) is 2.58. The summed E-state index contributed by atoms with van der Waals surface area (Å²) in [5, 5.41) is 12.7. The van der Waals surface area contributed by atoms with E-state index in [9.17, 15) is 9.59 Å². The van der Waals surface area contributed by atoms with Gasteiger partial charge in [-0.3, -0.25) is 9.59 Å². The van der Waals surface area contributed by atoms with Gasteiger partial charge in [-0.1, -0.05) is 33.2 Å². The molecule has 0 bridgehead atoms. The van der Waals surface area contributed by atoms with Crippen molar-refractivity contribution in [2.75, 3.05) is 6.54 Å². The maximum absolute atomic E-state index is 12.3. The average molecular weight is 396 g/mol. The number of carboxylic acids is 1. The molecule has 0 atom stereocenters. The Morgan fingerprint density at radius 3 is 2.79 bits per heavy atom. The van der Waals surface area contributed by atoms with Crippen LogP contribution in [0, 0.1) is 6.92 Å². The van der Waals surface area contributed by atoms with E-state index in [4.69, 9.17) is 9.63 Å². The first-order valence-electron chi connectivity index (χ1n) is 7.47. The van der Waals surface area contributed by atoms with E-state index < -0.39 is 5.97 Å². The molecule has 0 unspecified atom stereocenters. The molecule has 0 saturated heterocycles. The third kappa shape index (κ3) is 5.77. The van der Waals surface area contributed by atoms with Gasteiger partial charge >= 0.3 is 5.97 Å². The molecule has 24 heavy (non-hydrogen) atoms. The van der Waals surface area contributed by atoms with Crippen LogP contribution in [0.2, 0.25) is 0 Å². The number of halogens is 1. The molecule has 2 aromatic rings. The number of aliphatic carboxylic acids is 1. The number of rotatable bonds is 8. The third-order valence-electron chi connectivity index (χ3n) is 3.29. The molecule has 1 aromatic carbocycles. The van der Waals surface area contributed by atoms with Crippen LogP contribution in [0.5, 0.6) is 0 Å². The molecule has 2 rings (SSSR count). The molecular formula is C16H18BrN3O4. The summed E-state index contributed by atoms with van der Waals surface area (Å²) in [5.74, 6) is -0.213. The Balaban J connectivity index is 1.93. The number of aryl methyl sites for hydroxylation is 2. The minimum atomic E-state index is -1.04. The Hall–Kier alpha value is -2.22. The molecule has 8 heteroatoms. The standard InChI is InChI=1S/C16H18BrN3O4/c1-11-18-14(24-19-11)6-3-7-15(21)20(10-16(22)23)9-12-4-2-5-13(17)8-12/h2,4-5,8H,3,6-7,9-10H2,1H3,(H,22,23). The minimum Gasteiger partial charge on any atom is -0.480 e. The van der Waals surface area contributed by atoms with Crippen LogP contribution in [-0.2, 0) is 22.6 Å². The summed E-state index contributed by atoms with van der Waals surface area (Å²) >= 11 is 3.37. The largest absolute Gasteiger partial charge is 0.480 e. The van der Waals surface area contributed by atoms with E-state index >= 15 is 0 Å². The summed E-state index contributed by atoms with van der Waals surface area (Å²) in [6.45, 7) is 1.65. The molecule has 1 amide bonds. The highest BCUT2D eigenvalue weighted by atomic mass is 79.9. The Bertz CT molecular complexity index is 717. The second-order valence-corrected chi connectivity index (χ2v) is 6.28. The molecule has 0 aliphatic rings. The molecule has 128 valence electrons. The van der Waals surface area contributed by atoms with Crippen LogP contribution in [0.25, 0.3) is 0 Å². The number of hydrogen-bond acceptors (Lipinski definition) is 5. The molecule has 1 aromatic heterocycles. The van der Waals surface area contributed by atoms with Gasteiger partial charge in [-0.25, -0.2) is 0 Å². The van der Waals surface area contributed by atoms with Gasteiger partial charge in [0.1, 0.15) is 6.54 Å². The van der Waals surface area contributed by atoms with Crippen LogP contribution < -0.4 is 0 Å². The molecule has 0 aliphatic heterocycles. The number of amides is 1. The summed E-state index contributed by atoms with van der Waals surface area (Å²) in [6, 6.07) is 7.44. The number of hydrogen-bond donors (Lipinski definition) is 1. The average Bonchev–Trinajstić information content (AvgIpc) is 2.91. The topological polar surface area (TPSA) is 96.5 Å². The van der Waals surface area contributed by atoms with E-state index in [1.807, 2.05) is 24.3 Å². The predicted molar refractivity (Wildman–Crippen MR) is 89.2 cm³/mol.